The van der Waals surface area contributed by atoms with Gasteiger partial charge in [0.25, 0.3) is 0 Å². The second-order valence-electron chi connectivity index (χ2n) is 5.99. The summed E-state index contributed by atoms with van der Waals surface area (Å²) in [5.74, 6) is 1.85. The van der Waals surface area contributed by atoms with Gasteiger partial charge in [0.2, 0.25) is 0 Å². The number of aromatic amines is 1. The van der Waals surface area contributed by atoms with E-state index in [0.29, 0.717) is 5.92 Å². The molecule has 0 saturated heterocycles. The summed E-state index contributed by atoms with van der Waals surface area (Å²) >= 11 is 0. The largest absolute Gasteiger partial charge is 0.342 e. The lowest BCUT2D eigenvalue weighted by molar-refractivity contribution is 0.462. The monoisotopic (exact) mass is 241 g/mol. The van der Waals surface area contributed by atoms with Gasteiger partial charge in [-0.15, -0.1) is 0 Å². The maximum Gasteiger partial charge on any atom is 0.110 e. The van der Waals surface area contributed by atoms with Crippen molar-refractivity contribution in [3.63, 3.8) is 0 Å². The Labute approximate surface area is 107 Å². The zero-order valence-electron chi connectivity index (χ0n) is 10.6. The number of aromatic nitrogens is 2. The number of fused-ring (bicyclic) bond motifs is 1. The van der Waals surface area contributed by atoms with E-state index in [9.17, 15) is 0 Å². The van der Waals surface area contributed by atoms with Gasteiger partial charge in [0.05, 0.1) is 11.0 Å². The summed E-state index contributed by atoms with van der Waals surface area (Å²) in [5.41, 5.74) is 9.94. The van der Waals surface area contributed by atoms with E-state index >= 15 is 0 Å². The van der Waals surface area contributed by atoms with Gasteiger partial charge in [-0.05, 0) is 43.4 Å². The first kappa shape index (κ1) is 10.6. The van der Waals surface area contributed by atoms with Gasteiger partial charge in [-0.25, -0.2) is 4.98 Å². The number of nitrogens with zero attached hydrogens (tertiary/aromatic N) is 1. The maximum absolute atomic E-state index is 6.52. The Morgan fingerprint density at radius 1 is 1.22 bits per heavy atom. The van der Waals surface area contributed by atoms with Crippen LogP contribution in [0, 0.1) is 0 Å². The van der Waals surface area contributed by atoms with Crippen molar-refractivity contribution in [2.75, 3.05) is 0 Å². The van der Waals surface area contributed by atoms with Gasteiger partial charge < -0.3 is 10.7 Å². The van der Waals surface area contributed by atoms with E-state index in [2.05, 4.69) is 28.2 Å². The van der Waals surface area contributed by atoms with E-state index in [0.717, 1.165) is 23.9 Å². The molecule has 2 fully saturated rings. The fourth-order valence-electron chi connectivity index (χ4n) is 3.18. The minimum absolute atomic E-state index is 0.0982. The second-order valence-corrected chi connectivity index (χ2v) is 5.99. The third-order valence-electron chi connectivity index (χ3n) is 4.53. The first-order valence-electron chi connectivity index (χ1n) is 7.04. The average molecular weight is 241 g/mol. The molecule has 0 radical (unpaired) electrons. The quantitative estimate of drug-likeness (QED) is 0.848. The SMILES string of the molecule is NC1(c2ccc3nc(C4CC4)[nH]c3c2)CCCC1. The summed E-state index contributed by atoms with van der Waals surface area (Å²) in [6.07, 6.45) is 7.31. The van der Waals surface area contributed by atoms with Gasteiger partial charge in [-0.3, -0.25) is 0 Å². The number of H-pyrrole nitrogens is 1. The van der Waals surface area contributed by atoms with E-state index in [1.165, 1.54) is 37.1 Å². The number of nitrogens with two attached hydrogens (primary N) is 1. The van der Waals surface area contributed by atoms with Crippen LogP contribution in [0.4, 0.5) is 0 Å². The van der Waals surface area contributed by atoms with Crippen LogP contribution in [0.15, 0.2) is 18.2 Å². The number of imidazole rings is 1. The normalized spacial score (nSPS) is 22.7. The molecule has 2 saturated carbocycles. The van der Waals surface area contributed by atoms with Crippen LogP contribution in [0.3, 0.4) is 0 Å². The highest BCUT2D eigenvalue weighted by Gasteiger charge is 2.32. The molecule has 2 aliphatic carbocycles. The molecule has 0 amide bonds. The number of rotatable bonds is 2. The van der Waals surface area contributed by atoms with Gasteiger partial charge in [-0.1, -0.05) is 18.9 Å². The molecule has 1 aromatic carbocycles. The van der Waals surface area contributed by atoms with Crippen LogP contribution in [-0.2, 0) is 5.54 Å². The average Bonchev–Trinajstić information content (AvgIpc) is 2.99. The standard InChI is InChI=1S/C15H19N3/c16-15(7-1-2-8-15)11-5-6-12-13(9-11)18-14(17-12)10-3-4-10/h5-6,9-10H,1-4,7-8,16H2,(H,17,18). The highest BCUT2D eigenvalue weighted by Crippen LogP contribution is 2.40. The molecule has 3 N–H and O–H groups in total. The number of benzene rings is 1. The number of nitrogens with one attached hydrogen (secondary N) is 1. The van der Waals surface area contributed by atoms with Gasteiger partial charge in [0.1, 0.15) is 5.82 Å². The lowest BCUT2D eigenvalue weighted by atomic mass is 9.89. The molecular formula is C15H19N3. The van der Waals surface area contributed by atoms with E-state index in [4.69, 9.17) is 5.73 Å². The molecule has 18 heavy (non-hydrogen) atoms. The first-order chi connectivity index (χ1) is 8.74. The Bertz CT molecular complexity index is 589. The summed E-state index contributed by atoms with van der Waals surface area (Å²) in [5, 5.41) is 0. The van der Waals surface area contributed by atoms with Gasteiger partial charge in [0.15, 0.2) is 0 Å². The fourth-order valence-corrected chi connectivity index (χ4v) is 3.18. The molecule has 94 valence electrons. The van der Waals surface area contributed by atoms with Crippen LogP contribution in [-0.4, -0.2) is 9.97 Å². The molecular weight excluding hydrogens is 222 g/mol. The van der Waals surface area contributed by atoms with E-state index in [1.54, 1.807) is 0 Å². The summed E-state index contributed by atoms with van der Waals surface area (Å²) in [4.78, 5) is 8.14. The van der Waals surface area contributed by atoms with Crippen molar-refractivity contribution in [1.29, 1.82) is 0 Å². The van der Waals surface area contributed by atoms with E-state index < -0.39 is 0 Å². The highest BCUT2D eigenvalue weighted by molar-refractivity contribution is 5.76. The molecule has 1 aromatic heterocycles. The molecule has 0 spiro atoms. The van der Waals surface area contributed by atoms with Crippen molar-refractivity contribution in [1.82, 2.24) is 9.97 Å². The molecule has 3 heteroatoms. The molecule has 3 nitrogen and oxygen atoms in total. The van der Waals surface area contributed by atoms with E-state index in [-0.39, 0.29) is 5.54 Å². The van der Waals surface area contributed by atoms with Crippen molar-refractivity contribution in [2.24, 2.45) is 5.73 Å². The highest BCUT2D eigenvalue weighted by atomic mass is 14.9. The van der Waals surface area contributed by atoms with Crippen LogP contribution in [0.25, 0.3) is 11.0 Å². The predicted octanol–water partition coefficient (Wildman–Crippen LogP) is 3.17. The van der Waals surface area contributed by atoms with Crippen LogP contribution in [0.1, 0.15) is 55.8 Å². The number of hydrogen-bond acceptors (Lipinski definition) is 2. The van der Waals surface area contributed by atoms with Crippen LogP contribution in [0.5, 0.6) is 0 Å². The minimum atomic E-state index is -0.0982. The predicted molar refractivity (Wildman–Crippen MR) is 72.4 cm³/mol. The number of hydrogen-bond donors (Lipinski definition) is 2. The Kier molecular flexibility index (Phi) is 2.10. The van der Waals surface area contributed by atoms with E-state index in [1.807, 2.05) is 0 Å². The van der Waals surface area contributed by atoms with Crippen LogP contribution < -0.4 is 5.73 Å². The summed E-state index contributed by atoms with van der Waals surface area (Å²) in [7, 11) is 0. The zero-order chi connectivity index (χ0) is 12.2. The second kappa shape index (κ2) is 3.58. The Morgan fingerprint density at radius 3 is 2.72 bits per heavy atom. The van der Waals surface area contributed by atoms with Crippen molar-refractivity contribution >= 4 is 11.0 Å². The smallest absolute Gasteiger partial charge is 0.110 e. The van der Waals surface area contributed by atoms with Crippen LogP contribution in [0.2, 0.25) is 0 Å². The minimum Gasteiger partial charge on any atom is -0.342 e. The summed E-state index contributed by atoms with van der Waals surface area (Å²) in [6.45, 7) is 0. The van der Waals surface area contributed by atoms with Crippen molar-refractivity contribution in [2.45, 2.75) is 50.0 Å². The Hall–Kier alpha value is -1.35. The first-order valence-corrected chi connectivity index (χ1v) is 7.04. The molecule has 4 rings (SSSR count). The molecule has 0 bridgehead atoms. The topological polar surface area (TPSA) is 54.7 Å². The molecule has 1 heterocycles. The third kappa shape index (κ3) is 1.57. The molecule has 0 aliphatic heterocycles. The third-order valence-corrected chi connectivity index (χ3v) is 4.53. The zero-order valence-corrected chi connectivity index (χ0v) is 10.6. The molecule has 0 unspecified atom stereocenters. The van der Waals surface area contributed by atoms with Gasteiger partial charge >= 0.3 is 0 Å². The lowest BCUT2D eigenvalue weighted by Crippen LogP contribution is -2.32. The Morgan fingerprint density at radius 2 is 2.00 bits per heavy atom. The molecule has 0 atom stereocenters. The lowest BCUT2D eigenvalue weighted by Gasteiger charge is -2.23. The van der Waals surface area contributed by atoms with Crippen molar-refractivity contribution in [3.8, 4) is 0 Å². The molecule has 2 aromatic rings. The molecule has 2 aliphatic rings. The van der Waals surface area contributed by atoms with Crippen LogP contribution >= 0.6 is 0 Å². The van der Waals surface area contributed by atoms with Gasteiger partial charge in [0, 0.05) is 11.5 Å². The van der Waals surface area contributed by atoms with Crippen molar-refractivity contribution < 1.29 is 0 Å². The summed E-state index contributed by atoms with van der Waals surface area (Å²) in [6, 6.07) is 6.52. The van der Waals surface area contributed by atoms with Gasteiger partial charge in [-0.2, -0.15) is 0 Å². The Balaban J connectivity index is 1.78. The summed E-state index contributed by atoms with van der Waals surface area (Å²) < 4.78 is 0. The van der Waals surface area contributed by atoms with Crippen molar-refractivity contribution in [3.05, 3.63) is 29.6 Å². The maximum atomic E-state index is 6.52. The fraction of sp³-hybridized carbons (Fsp3) is 0.533.